The van der Waals surface area contributed by atoms with Gasteiger partial charge in [-0.3, -0.25) is 4.79 Å². The highest BCUT2D eigenvalue weighted by Crippen LogP contribution is 2.29. The lowest BCUT2D eigenvalue weighted by Gasteiger charge is -2.22. The third kappa shape index (κ3) is 9.05. The number of carbonyl (C=O) groups is 1. The first kappa shape index (κ1) is 25.6. The van der Waals surface area contributed by atoms with E-state index in [0.717, 1.165) is 50.2 Å². The standard InChI is InChI=1S/C25H29F3N2O4/c26-25(27,28)22-7-3-21(4-8-22)17-34-30-13-1-2-19-5-9-23(10-6-19)33-18-24(31)29-16-20-11-14-32-15-12-20/h3-10,13,20H,1-2,11-12,14-18H2,(H,29,31). The van der Waals surface area contributed by atoms with E-state index in [9.17, 15) is 18.0 Å². The van der Waals surface area contributed by atoms with E-state index >= 15 is 0 Å². The van der Waals surface area contributed by atoms with Gasteiger partial charge in [0.2, 0.25) is 0 Å². The number of nitrogens with one attached hydrogen (secondary N) is 1. The smallest absolute Gasteiger partial charge is 0.416 e. The molecule has 3 rings (SSSR count). The van der Waals surface area contributed by atoms with Crippen molar-refractivity contribution >= 4 is 12.1 Å². The van der Waals surface area contributed by atoms with Crippen LogP contribution >= 0.6 is 0 Å². The predicted molar refractivity (Wildman–Crippen MR) is 122 cm³/mol. The van der Waals surface area contributed by atoms with Gasteiger partial charge in [0.1, 0.15) is 12.4 Å². The van der Waals surface area contributed by atoms with Gasteiger partial charge in [0, 0.05) is 26.0 Å². The average Bonchev–Trinajstić information content (AvgIpc) is 2.84. The normalized spacial score (nSPS) is 14.8. The summed E-state index contributed by atoms with van der Waals surface area (Å²) in [7, 11) is 0. The van der Waals surface area contributed by atoms with E-state index in [0.29, 0.717) is 30.2 Å². The molecular weight excluding hydrogens is 449 g/mol. The summed E-state index contributed by atoms with van der Waals surface area (Å²) in [5.74, 6) is 0.956. The number of ether oxygens (including phenoxy) is 2. The molecule has 1 N–H and O–H groups in total. The van der Waals surface area contributed by atoms with Crippen molar-refractivity contribution in [2.45, 2.75) is 38.5 Å². The predicted octanol–water partition coefficient (Wildman–Crippen LogP) is 4.76. The number of carbonyl (C=O) groups excluding carboxylic acids is 1. The van der Waals surface area contributed by atoms with Gasteiger partial charge in [-0.1, -0.05) is 29.4 Å². The maximum absolute atomic E-state index is 12.5. The van der Waals surface area contributed by atoms with Crippen LogP contribution in [0, 0.1) is 5.92 Å². The van der Waals surface area contributed by atoms with Gasteiger partial charge in [-0.15, -0.1) is 0 Å². The van der Waals surface area contributed by atoms with Crippen molar-refractivity contribution in [3.63, 3.8) is 0 Å². The number of nitrogens with zero attached hydrogens (tertiary/aromatic N) is 1. The highest BCUT2D eigenvalue weighted by atomic mass is 19.4. The topological polar surface area (TPSA) is 69.2 Å². The third-order valence-electron chi connectivity index (χ3n) is 5.45. The number of aryl methyl sites for hydroxylation is 1. The fourth-order valence-electron chi connectivity index (χ4n) is 3.40. The van der Waals surface area contributed by atoms with Crippen molar-refractivity contribution in [2.75, 3.05) is 26.4 Å². The molecule has 1 saturated heterocycles. The van der Waals surface area contributed by atoms with E-state index in [1.807, 2.05) is 24.3 Å². The Bertz CT molecular complexity index is 909. The molecule has 9 heteroatoms. The minimum atomic E-state index is -4.35. The summed E-state index contributed by atoms with van der Waals surface area (Å²) in [6.07, 6.45) is 0.594. The van der Waals surface area contributed by atoms with Gasteiger partial charge in [0.25, 0.3) is 5.91 Å². The van der Waals surface area contributed by atoms with Gasteiger partial charge in [-0.2, -0.15) is 13.2 Å². The molecular formula is C25H29F3N2O4. The number of amides is 1. The molecule has 1 aliphatic rings. The van der Waals surface area contributed by atoms with Crippen LogP contribution in [0.1, 0.15) is 36.0 Å². The van der Waals surface area contributed by atoms with Crippen LogP contribution in [0.5, 0.6) is 5.75 Å². The van der Waals surface area contributed by atoms with Crippen LogP contribution in [0.3, 0.4) is 0 Å². The molecule has 184 valence electrons. The Labute approximate surface area is 197 Å². The molecule has 1 fully saturated rings. The van der Waals surface area contributed by atoms with E-state index in [-0.39, 0.29) is 19.1 Å². The maximum atomic E-state index is 12.5. The molecule has 2 aromatic rings. The molecule has 0 saturated carbocycles. The lowest BCUT2D eigenvalue weighted by atomic mass is 10.0. The van der Waals surface area contributed by atoms with Crippen molar-refractivity contribution in [3.8, 4) is 5.75 Å². The first-order valence-electron chi connectivity index (χ1n) is 11.3. The van der Waals surface area contributed by atoms with E-state index < -0.39 is 11.7 Å². The number of hydrogen-bond acceptors (Lipinski definition) is 5. The number of oxime groups is 1. The third-order valence-corrected chi connectivity index (χ3v) is 5.45. The molecule has 2 aromatic carbocycles. The van der Waals surface area contributed by atoms with Gasteiger partial charge >= 0.3 is 6.18 Å². The van der Waals surface area contributed by atoms with Crippen molar-refractivity contribution in [1.29, 1.82) is 0 Å². The fraction of sp³-hybridized carbons (Fsp3) is 0.440. The highest BCUT2D eigenvalue weighted by Gasteiger charge is 2.29. The summed E-state index contributed by atoms with van der Waals surface area (Å²) in [5.41, 5.74) is 0.994. The first-order valence-corrected chi connectivity index (χ1v) is 11.3. The van der Waals surface area contributed by atoms with Crippen LogP contribution in [0.15, 0.2) is 53.7 Å². The van der Waals surface area contributed by atoms with Crippen LogP contribution in [0.2, 0.25) is 0 Å². The van der Waals surface area contributed by atoms with Crippen LogP contribution in [0.25, 0.3) is 0 Å². The number of halogens is 3. The molecule has 0 spiro atoms. The summed E-state index contributed by atoms with van der Waals surface area (Å²) < 4.78 is 48.5. The SMILES string of the molecule is O=C(COc1ccc(CCC=NOCc2ccc(C(F)(F)F)cc2)cc1)NCC1CCOCC1. The molecule has 0 aromatic heterocycles. The van der Waals surface area contributed by atoms with E-state index in [4.69, 9.17) is 14.3 Å². The Balaban J connectivity index is 1.28. The quantitative estimate of drug-likeness (QED) is 0.374. The second kappa shape index (κ2) is 13.0. The van der Waals surface area contributed by atoms with E-state index in [1.165, 1.54) is 12.1 Å². The first-order chi connectivity index (χ1) is 16.4. The minimum Gasteiger partial charge on any atom is -0.484 e. The van der Waals surface area contributed by atoms with E-state index in [1.54, 1.807) is 6.21 Å². The van der Waals surface area contributed by atoms with E-state index in [2.05, 4.69) is 10.5 Å². The molecule has 0 atom stereocenters. The highest BCUT2D eigenvalue weighted by molar-refractivity contribution is 5.77. The Kier molecular flexibility index (Phi) is 9.75. The number of rotatable bonds is 11. The largest absolute Gasteiger partial charge is 0.484 e. The van der Waals surface area contributed by atoms with Crippen LogP contribution in [0.4, 0.5) is 13.2 Å². The number of benzene rings is 2. The van der Waals surface area contributed by atoms with Crippen molar-refractivity contribution in [2.24, 2.45) is 11.1 Å². The van der Waals surface area contributed by atoms with Gasteiger partial charge in [0.05, 0.1) is 5.56 Å². The van der Waals surface area contributed by atoms with Gasteiger partial charge < -0.3 is 19.6 Å². The summed E-state index contributed by atoms with van der Waals surface area (Å²) in [6, 6.07) is 12.3. The summed E-state index contributed by atoms with van der Waals surface area (Å²) in [5, 5.41) is 6.75. The minimum absolute atomic E-state index is 0.0223. The molecule has 0 bridgehead atoms. The summed E-state index contributed by atoms with van der Waals surface area (Å²) in [6.45, 7) is 2.24. The molecule has 34 heavy (non-hydrogen) atoms. The zero-order chi connectivity index (χ0) is 24.2. The Morgan fingerprint density at radius 2 is 1.74 bits per heavy atom. The second-order valence-electron chi connectivity index (χ2n) is 8.09. The van der Waals surface area contributed by atoms with Gasteiger partial charge in [0.15, 0.2) is 6.61 Å². The molecule has 0 unspecified atom stereocenters. The number of hydrogen-bond donors (Lipinski definition) is 1. The summed E-state index contributed by atoms with van der Waals surface area (Å²) in [4.78, 5) is 17.1. The van der Waals surface area contributed by atoms with Crippen LogP contribution in [-0.2, 0) is 33.6 Å². The van der Waals surface area contributed by atoms with Crippen LogP contribution in [-0.4, -0.2) is 38.5 Å². The Morgan fingerprint density at radius 3 is 2.41 bits per heavy atom. The zero-order valence-corrected chi connectivity index (χ0v) is 18.9. The van der Waals surface area contributed by atoms with Crippen molar-refractivity contribution in [1.82, 2.24) is 5.32 Å². The molecule has 0 aliphatic carbocycles. The molecule has 1 amide bonds. The second-order valence-corrected chi connectivity index (χ2v) is 8.09. The Hall–Kier alpha value is -3.07. The monoisotopic (exact) mass is 478 g/mol. The Morgan fingerprint density at radius 1 is 1.06 bits per heavy atom. The average molecular weight is 479 g/mol. The van der Waals surface area contributed by atoms with Gasteiger partial charge in [-0.05, 0) is 67.0 Å². The maximum Gasteiger partial charge on any atom is 0.416 e. The lowest BCUT2D eigenvalue weighted by molar-refractivity contribution is -0.137. The zero-order valence-electron chi connectivity index (χ0n) is 18.9. The molecule has 1 heterocycles. The molecule has 6 nitrogen and oxygen atoms in total. The lowest BCUT2D eigenvalue weighted by Crippen LogP contribution is -2.35. The summed E-state index contributed by atoms with van der Waals surface area (Å²) >= 11 is 0. The van der Waals surface area contributed by atoms with Crippen molar-refractivity contribution < 1.29 is 32.3 Å². The number of alkyl halides is 3. The molecule has 1 aliphatic heterocycles. The molecule has 0 radical (unpaired) electrons. The fourth-order valence-corrected chi connectivity index (χ4v) is 3.40. The van der Waals surface area contributed by atoms with Crippen molar-refractivity contribution in [3.05, 3.63) is 65.2 Å². The van der Waals surface area contributed by atoms with Crippen LogP contribution < -0.4 is 10.1 Å². The van der Waals surface area contributed by atoms with Gasteiger partial charge in [-0.25, -0.2) is 0 Å².